The Kier molecular flexibility index (Phi) is 6.59. The van der Waals surface area contributed by atoms with Crippen molar-refractivity contribution in [3.8, 4) is 5.75 Å². The maximum absolute atomic E-state index is 12.4. The Hall–Kier alpha value is -2.80. The molecule has 0 saturated carbocycles. The highest BCUT2D eigenvalue weighted by molar-refractivity contribution is 7.99. The van der Waals surface area contributed by atoms with Crippen LogP contribution in [0.3, 0.4) is 0 Å². The highest BCUT2D eigenvalue weighted by atomic mass is 32.2. The molecule has 0 bridgehead atoms. The molecule has 1 heterocycles. The van der Waals surface area contributed by atoms with Gasteiger partial charge in [-0.1, -0.05) is 41.6 Å². The minimum absolute atomic E-state index is 0.0720. The lowest BCUT2D eigenvalue weighted by Crippen LogP contribution is -2.15. The Bertz CT molecular complexity index is 999. The minimum Gasteiger partial charge on any atom is -0.483 e. The van der Waals surface area contributed by atoms with Gasteiger partial charge in [-0.25, -0.2) is 0 Å². The summed E-state index contributed by atoms with van der Waals surface area (Å²) in [6, 6.07) is 13.8. The summed E-state index contributed by atoms with van der Waals surface area (Å²) in [5.74, 6) is 1.68. The number of aryl methyl sites for hydroxylation is 2. The molecule has 0 saturated heterocycles. The quantitative estimate of drug-likeness (QED) is 0.576. The van der Waals surface area contributed by atoms with E-state index in [1.165, 1.54) is 17.3 Å². The number of hydrogen-bond acceptors (Lipinski definition) is 5. The number of carbonyl (C=O) groups excluding carboxylic acids is 1. The van der Waals surface area contributed by atoms with Crippen LogP contribution in [0.2, 0.25) is 0 Å². The van der Waals surface area contributed by atoms with E-state index in [9.17, 15) is 4.79 Å². The third-order valence-corrected chi connectivity index (χ3v) is 5.80. The first kappa shape index (κ1) is 20.9. The van der Waals surface area contributed by atoms with E-state index < -0.39 is 0 Å². The highest BCUT2D eigenvalue weighted by Gasteiger charge is 2.18. The van der Waals surface area contributed by atoms with Crippen LogP contribution in [0.1, 0.15) is 35.5 Å². The third kappa shape index (κ3) is 5.17. The summed E-state index contributed by atoms with van der Waals surface area (Å²) < 4.78 is 7.84. The van der Waals surface area contributed by atoms with Crippen molar-refractivity contribution in [2.45, 2.75) is 39.0 Å². The lowest BCUT2D eigenvalue weighted by Gasteiger charge is -2.14. The van der Waals surface area contributed by atoms with Crippen LogP contribution in [0.25, 0.3) is 0 Å². The molecule has 0 fully saturated rings. The van der Waals surface area contributed by atoms with Gasteiger partial charge < -0.3 is 14.6 Å². The van der Waals surface area contributed by atoms with Crippen molar-refractivity contribution < 1.29 is 9.53 Å². The molecule has 1 aromatic heterocycles. The molecular formula is C22H26N4O2S. The molecule has 0 aliphatic heterocycles. The molecule has 0 aliphatic carbocycles. The zero-order valence-electron chi connectivity index (χ0n) is 17.4. The molecule has 1 N–H and O–H groups in total. The number of nitrogens with zero attached hydrogens (tertiary/aromatic N) is 3. The van der Waals surface area contributed by atoms with E-state index in [2.05, 4.69) is 15.5 Å². The van der Waals surface area contributed by atoms with Crippen LogP contribution in [0.5, 0.6) is 5.75 Å². The summed E-state index contributed by atoms with van der Waals surface area (Å²) in [4.78, 5) is 12.4. The molecule has 3 aromatic rings. The van der Waals surface area contributed by atoms with Gasteiger partial charge in [0, 0.05) is 12.7 Å². The number of amides is 1. The summed E-state index contributed by atoms with van der Waals surface area (Å²) in [6.07, 6.45) is -0.256. The Labute approximate surface area is 175 Å². The van der Waals surface area contributed by atoms with Gasteiger partial charge in [-0.3, -0.25) is 4.79 Å². The average molecular weight is 411 g/mol. The fraction of sp³-hybridized carbons (Fsp3) is 0.318. The van der Waals surface area contributed by atoms with Crippen molar-refractivity contribution in [1.82, 2.24) is 14.8 Å². The minimum atomic E-state index is -0.256. The average Bonchev–Trinajstić information content (AvgIpc) is 3.06. The van der Waals surface area contributed by atoms with Crippen molar-refractivity contribution in [2.75, 3.05) is 11.1 Å². The Morgan fingerprint density at radius 2 is 1.86 bits per heavy atom. The number of ether oxygens (including phenoxy) is 1. The first-order valence-electron chi connectivity index (χ1n) is 9.46. The second-order valence-corrected chi connectivity index (χ2v) is 8.00. The second kappa shape index (κ2) is 9.13. The zero-order chi connectivity index (χ0) is 21.0. The van der Waals surface area contributed by atoms with Crippen molar-refractivity contribution >= 4 is 23.4 Å². The Balaban J connectivity index is 1.59. The molecule has 0 radical (unpaired) electrons. The topological polar surface area (TPSA) is 69.0 Å². The van der Waals surface area contributed by atoms with E-state index in [4.69, 9.17) is 4.74 Å². The molecule has 7 heteroatoms. The number of nitrogens with one attached hydrogen (secondary N) is 1. The molecule has 1 unspecified atom stereocenters. The van der Waals surface area contributed by atoms with Gasteiger partial charge in [-0.05, 0) is 57.0 Å². The van der Waals surface area contributed by atoms with Crippen LogP contribution in [0.15, 0.2) is 47.6 Å². The lowest BCUT2D eigenvalue weighted by atomic mass is 10.1. The van der Waals surface area contributed by atoms with Gasteiger partial charge in [-0.15, -0.1) is 10.2 Å². The van der Waals surface area contributed by atoms with Crippen LogP contribution in [0.4, 0.5) is 5.69 Å². The molecule has 0 spiro atoms. The van der Waals surface area contributed by atoms with Crippen molar-refractivity contribution in [1.29, 1.82) is 0 Å². The molecule has 3 rings (SSSR count). The first-order valence-corrected chi connectivity index (χ1v) is 10.4. The van der Waals surface area contributed by atoms with E-state index in [0.29, 0.717) is 11.0 Å². The van der Waals surface area contributed by atoms with E-state index in [0.717, 1.165) is 22.6 Å². The molecule has 29 heavy (non-hydrogen) atoms. The number of thioether (sulfide) groups is 1. The van der Waals surface area contributed by atoms with E-state index in [1.54, 1.807) is 0 Å². The van der Waals surface area contributed by atoms with Crippen molar-refractivity contribution in [3.05, 3.63) is 65.0 Å². The van der Waals surface area contributed by atoms with Crippen LogP contribution >= 0.6 is 11.8 Å². The zero-order valence-corrected chi connectivity index (χ0v) is 18.2. The van der Waals surface area contributed by atoms with Crippen molar-refractivity contribution in [2.24, 2.45) is 7.05 Å². The highest BCUT2D eigenvalue weighted by Crippen LogP contribution is 2.24. The summed E-state index contributed by atoms with van der Waals surface area (Å²) in [5, 5.41) is 12.1. The molecule has 2 aromatic carbocycles. The van der Waals surface area contributed by atoms with E-state index in [1.807, 2.05) is 81.8 Å². The molecule has 152 valence electrons. The fourth-order valence-electron chi connectivity index (χ4n) is 2.88. The maximum Gasteiger partial charge on any atom is 0.234 e. The number of rotatable bonds is 7. The summed E-state index contributed by atoms with van der Waals surface area (Å²) in [6.45, 7) is 8.00. The largest absolute Gasteiger partial charge is 0.483 e. The van der Waals surface area contributed by atoms with Gasteiger partial charge in [0.1, 0.15) is 5.75 Å². The van der Waals surface area contributed by atoms with Crippen LogP contribution < -0.4 is 10.1 Å². The normalized spacial score (nSPS) is 11.9. The predicted molar refractivity (Wildman–Crippen MR) is 116 cm³/mol. The smallest absolute Gasteiger partial charge is 0.234 e. The van der Waals surface area contributed by atoms with Crippen LogP contribution in [0, 0.1) is 20.8 Å². The van der Waals surface area contributed by atoms with Gasteiger partial charge in [0.05, 0.1) is 5.75 Å². The van der Waals surface area contributed by atoms with Gasteiger partial charge >= 0.3 is 0 Å². The molecular weight excluding hydrogens is 384 g/mol. The SMILES string of the molecule is Cc1ccc(OC(C)c2nnc(SCC(=O)Nc3cccc(C)c3C)n2C)cc1. The standard InChI is InChI=1S/C22H26N4O2S/c1-14-9-11-18(12-10-14)28-17(4)21-24-25-22(26(21)5)29-13-20(27)23-19-8-6-7-15(2)16(19)3/h6-12,17H,13H2,1-5H3,(H,23,27). The number of carbonyl (C=O) groups is 1. The second-order valence-electron chi connectivity index (χ2n) is 7.06. The number of benzene rings is 2. The van der Waals surface area contributed by atoms with Gasteiger partial charge in [0.15, 0.2) is 17.1 Å². The van der Waals surface area contributed by atoms with E-state index in [-0.39, 0.29) is 17.8 Å². The van der Waals surface area contributed by atoms with Gasteiger partial charge in [0.2, 0.25) is 5.91 Å². The van der Waals surface area contributed by atoms with Gasteiger partial charge in [0.25, 0.3) is 0 Å². The van der Waals surface area contributed by atoms with Crippen molar-refractivity contribution in [3.63, 3.8) is 0 Å². The Morgan fingerprint density at radius 3 is 2.59 bits per heavy atom. The molecule has 6 nitrogen and oxygen atoms in total. The Morgan fingerprint density at radius 1 is 1.14 bits per heavy atom. The number of anilines is 1. The number of aromatic nitrogens is 3. The van der Waals surface area contributed by atoms with Crippen LogP contribution in [-0.4, -0.2) is 26.4 Å². The summed E-state index contributed by atoms with van der Waals surface area (Å²) in [5.41, 5.74) is 4.25. The van der Waals surface area contributed by atoms with Gasteiger partial charge in [-0.2, -0.15) is 0 Å². The van der Waals surface area contributed by atoms with E-state index >= 15 is 0 Å². The van der Waals surface area contributed by atoms with Crippen LogP contribution in [-0.2, 0) is 11.8 Å². The maximum atomic E-state index is 12.4. The lowest BCUT2D eigenvalue weighted by molar-refractivity contribution is -0.113. The number of hydrogen-bond donors (Lipinski definition) is 1. The third-order valence-electron chi connectivity index (χ3n) is 4.78. The molecule has 1 amide bonds. The predicted octanol–water partition coefficient (Wildman–Crippen LogP) is 4.61. The molecule has 1 atom stereocenters. The fourth-order valence-corrected chi connectivity index (χ4v) is 3.60. The monoisotopic (exact) mass is 410 g/mol. The summed E-state index contributed by atoms with van der Waals surface area (Å²) in [7, 11) is 1.88. The molecule has 0 aliphatic rings. The first-order chi connectivity index (χ1) is 13.8. The summed E-state index contributed by atoms with van der Waals surface area (Å²) >= 11 is 1.35.